The van der Waals surface area contributed by atoms with Crippen LogP contribution in [-0.4, -0.2) is 30.0 Å². The fourth-order valence-corrected chi connectivity index (χ4v) is 4.31. The molecule has 136 valence electrons. The molecule has 2 aromatic rings. The van der Waals surface area contributed by atoms with Crippen LogP contribution in [0.5, 0.6) is 5.75 Å². The molecular weight excluding hydrogens is 331 g/mol. The van der Waals surface area contributed by atoms with Gasteiger partial charge in [-0.15, -0.1) is 0 Å². The van der Waals surface area contributed by atoms with Crippen LogP contribution in [0.4, 0.5) is 4.39 Å². The molecule has 26 heavy (non-hydrogen) atoms. The Bertz CT molecular complexity index is 839. The van der Waals surface area contributed by atoms with E-state index in [9.17, 15) is 9.18 Å². The van der Waals surface area contributed by atoms with E-state index in [0.717, 1.165) is 24.9 Å². The van der Waals surface area contributed by atoms with Crippen LogP contribution in [-0.2, 0) is 24.3 Å². The third-order valence-electron chi connectivity index (χ3n) is 5.70. The minimum atomic E-state index is -0.550. The van der Waals surface area contributed by atoms with Gasteiger partial charge in [-0.3, -0.25) is 9.69 Å². The van der Waals surface area contributed by atoms with Crippen molar-refractivity contribution in [3.05, 3.63) is 65.0 Å². The molecule has 2 heterocycles. The Balaban J connectivity index is 1.68. The number of methoxy groups -OCH3 is 1. The molecule has 0 radical (unpaired) electrons. The Morgan fingerprint density at radius 3 is 2.85 bits per heavy atom. The van der Waals surface area contributed by atoms with Gasteiger partial charge in [0.25, 0.3) is 0 Å². The summed E-state index contributed by atoms with van der Waals surface area (Å²) in [6.07, 6.45) is 2.51. The van der Waals surface area contributed by atoms with Gasteiger partial charge < -0.3 is 10.1 Å². The summed E-state index contributed by atoms with van der Waals surface area (Å²) < 4.78 is 18.9. The maximum Gasteiger partial charge on any atom is 0.241 e. The van der Waals surface area contributed by atoms with Crippen LogP contribution in [0.15, 0.2) is 42.5 Å². The number of ether oxygens (including phenoxy) is 1. The highest BCUT2D eigenvalue weighted by molar-refractivity contribution is 5.87. The number of halogens is 1. The first-order valence-electron chi connectivity index (χ1n) is 9.05. The van der Waals surface area contributed by atoms with E-state index < -0.39 is 5.54 Å². The lowest BCUT2D eigenvalue weighted by molar-refractivity contribution is -0.132. The van der Waals surface area contributed by atoms with Crippen molar-refractivity contribution in [1.82, 2.24) is 10.2 Å². The number of amides is 1. The van der Waals surface area contributed by atoms with Crippen LogP contribution in [0.25, 0.3) is 0 Å². The minimum Gasteiger partial charge on any atom is -0.496 e. The molecule has 0 aliphatic carbocycles. The maximum atomic E-state index is 13.5. The fraction of sp³-hybridized carbons (Fsp3) is 0.381. The van der Waals surface area contributed by atoms with Crippen molar-refractivity contribution in [3.8, 4) is 5.75 Å². The van der Waals surface area contributed by atoms with Gasteiger partial charge in [0.2, 0.25) is 5.91 Å². The van der Waals surface area contributed by atoms with Crippen LogP contribution in [0.1, 0.15) is 29.5 Å². The zero-order valence-electron chi connectivity index (χ0n) is 14.9. The number of nitrogens with zero attached hydrogens (tertiary/aromatic N) is 1. The Morgan fingerprint density at radius 1 is 1.23 bits per heavy atom. The average molecular weight is 354 g/mol. The molecule has 1 atom stereocenters. The number of fused-ring (bicyclic) bond motifs is 1. The third-order valence-corrected chi connectivity index (χ3v) is 5.70. The number of likely N-dealkylation sites (tertiary alicyclic amines) is 1. The number of benzene rings is 2. The standard InChI is InChI=1S/C21H23FN2O2/c1-26-19-11-18(22)8-7-17(19)14-24-10-4-9-21(24)12-15-5-2-3-6-16(15)13-23-20(21)25/h2-3,5-8,11H,4,9-10,12-14H2,1H3,(H,23,25). The van der Waals surface area contributed by atoms with Gasteiger partial charge in [-0.25, -0.2) is 4.39 Å². The molecule has 4 nitrogen and oxygen atoms in total. The van der Waals surface area contributed by atoms with Crippen molar-refractivity contribution in [3.63, 3.8) is 0 Å². The Labute approximate surface area is 153 Å². The second-order valence-corrected chi connectivity index (χ2v) is 7.14. The second kappa shape index (κ2) is 6.72. The highest BCUT2D eigenvalue weighted by atomic mass is 19.1. The van der Waals surface area contributed by atoms with Gasteiger partial charge in [0, 0.05) is 31.1 Å². The molecule has 2 aromatic carbocycles. The first kappa shape index (κ1) is 17.0. The van der Waals surface area contributed by atoms with E-state index in [4.69, 9.17) is 4.74 Å². The highest BCUT2D eigenvalue weighted by Crippen LogP contribution is 2.37. The molecule has 2 aliphatic rings. The van der Waals surface area contributed by atoms with E-state index in [2.05, 4.69) is 22.3 Å². The van der Waals surface area contributed by atoms with Crippen LogP contribution >= 0.6 is 0 Å². The Hall–Kier alpha value is -2.40. The summed E-state index contributed by atoms with van der Waals surface area (Å²) in [6, 6.07) is 12.8. The number of hydrogen-bond donors (Lipinski definition) is 1. The van der Waals surface area contributed by atoms with Crippen LogP contribution in [0, 0.1) is 5.82 Å². The topological polar surface area (TPSA) is 41.6 Å². The van der Waals surface area contributed by atoms with Crippen molar-refractivity contribution in [2.75, 3.05) is 13.7 Å². The van der Waals surface area contributed by atoms with Crippen molar-refractivity contribution in [2.24, 2.45) is 0 Å². The SMILES string of the molecule is COc1cc(F)ccc1CN1CCCC12Cc1ccccc1CNC2=O. The summed E-state index contributed by atoms with van der Waals surface area (Å²) in [4.78, 5) is 15.3. The first-order valence-corrected chi connectivity index (χ1v) is 9.05. The summed E-state index contributed by atoms with van der Waals surface area (Å²) in [5.74, 6) is 0.302. The van der Waals surface area contributed by atoms with Gasteiger partial charge in [0.05, 0.1) is 7.11 Å². The number of carbonyl (C=O) groups excluding carboxylic acids is 1. The van der Waals surface area contributed by atoms with E-state index in [1.165, 1.54) is 23.3 Å². The van der Waals surface area contributed by atoms with Crippen molar-refractivity contribution in [1.29, 1.82) is 0 Å². The molecule has 1 fully saturated rings. The van der Waals surface area contributed by atoms with Crippen molar-refractivity contribution in [2.45, 2.75) is 37.9 Å². The van der Waals surface area contributed by atoms with Gasteiger partial charge in [-0.1, -0.05) is 30.3 Å². The third kappa shape index (κ3) is 2.86. The summed E-state index contributed by atoms with van der Waals surface area (Å²) in [7, 11) is 1.55. The predicted octanol–water partition coefficient (Wildman–Crippen LogP) is 3.04. The predicted molar refractivity (Wildman–Crippen MR) is 97.3 cm³/mol. The average Bonchev–Trinajstić information content (AvgIpc) is 2.98. The van der Waals surface area contributed by atoms with E-state index in [0.29, 0.717) is 25.3 Å². The number of carbonyl (C=O) groups is 1. The molecule has 2 aliphatic heterocycles. The van der Waals surface area contributed by atoms with Crippen molar-refractivity contribution >= 4 is 5.91 Å². The Morgan fingerprint density at radius 2 is 2.04 bits per heavy atom. The molecule has 1 amide bonds. The lowest BCUT2D eigenvalue weighted by Crippen LogP contribution is -2.55. The molecule has 4 rings (SSSR count). The molecule has 5 heteroatoms. The lowest BCUT2D eigenvalue weighted by atomic mass is 9.86. The number of nitrogens with one attached hydrogen (secondary N) is 1. The van der Waals surface area contributed by atoms with E-state index >= 15 is 0 Å². The molecule has 1 unspecified atom stereocenters. The largest absolute Gasteiger partial charge is 0.496 e. The quantitative estimate of drug-likeness (QED) is 0.921. The summed E-state index contributed by atoms with van der Waals surface area (Å²) in [6.45, 7) is 1.99. The summed E-state index contributed by atoms with van der Waals surface area (Å²) >= 11 is 0. The smallest absolute Gasteiger partial charge is 0.241 e. The van der Waals surface area contributed by atoms with Gasteiger partial charge in [0.15, 0.2) is 0 Å². The molecule has 0 bridgehead atoms. The molecule has 1 saturated heterocycles. The van der Waals surface area contributed by atoms with Crippen LogP contribution in [0.2, 0.25) is 0 Å². The van der Waals surface area contributed by atoms with Crippen LogP contribution < -0.4 is 10.1 Å². The van der Waals surface area contributed by atoms with Gasteiger partial charge >= 0.3 is 0 Å². The molecule has 1 N–H and O–H groups in total. The van der Waals surface area contributed by atoms with Crippen LogP contribution in [0.3, 0.4) is 0 Å². The maximum absolute atomic E-state index is 13.5. The molecule has 0 aromatic heterocycles. The minimum absolute atomic E-state index is 0.0901. The van der Waals surface area contributed by atoms with E-state index in [1.807, 2.05) is 12.1 Å². The summed E-state index contributed by atoms with van der Waals surface area (Å²) in [5.41, 5.74) is 2.76. The normalized spacial score (nSPS) is 22.8. The molecule has 0 saturated carbocycles. The number of hydrogen-bond acceptors (Lipinski definition) is 3. The van der Waals surface area contributed by atoms with Crippen molar-refractivity contribution < 1.29 is 13.9 Å². The zero-order valence-corrected chi connectivity index (χ0v) is 14.9. The monoisotopic (exact) mass is 354 g/mol. The van der Waals surface area contributed by atoms with Gasteiger partial charge in [-0.2, -0.15) is 0 Å². The fourth-order valence-electron chi connectivity index (χ4n) is 4.31. The van der Waals surface area contributed by atoms with E-state index in [1.54, 1.807) is 13.2 Å². The lowest BCUT2D eigenvalue weighted by Gasteiger charge is -2.36. The molecular formula is C21H23FN2O2. The van der Waals surface area contributed by atoms with Gasteiger partial charge in [-0.05, 0) is 36.6 Å². The molecule has 1 spiro atoms. The second-order valence-electron chi connectivity index (χ2n) is 7.14. The summed E-state index contributed by atoms with van der Waals surface area (Å²) in [5, 5.41) is 3.12. The highest BCUT2D eigenvalue weighted by Gasteiger charge is 2.48. The number of rotatable bonds is 3. The van der Waals surface area contributed by atoms with Gasteiger partial charge in [0.1, 0.15) is 17.1 Å². The zero-order chi connectivity index (χ0) is 18.1. The van der Waals surface area contributed by atoms with E-state index in [-0.39, 0.29) is 11.7 Å². The first-order chi connectivity index (χ1) is 12.6. The Kier molecular flexibility index (Phi) is 4.41.